The fraction of sp³-hybridized carbons (Fsp3) is 0.467. The summed E-state index contributed by atoms with van der Waals surface area (Å²) in [7, 11) is 0. The van der Waals surface area contributed by atoms with Crippen molar-refractivity contribution in [3.8, 4) is 10.8 Å². The SMILES string of the molecule is CCC(CCO)CNC(=O)c1nc(-c2ccco2)sc1C. The number of hydrogen-bond acceptors (Lipinski definition) is 5. The maximum atomic E-state index is 12.2. The average Bonchev–Trinajstić information content (AvgIpc) is 3.12. The van der Waals surface area contributed by atoms with Gasteiger partial charge in [0, 0.05) is 18.0 Å². The molecule has 0 bridgehead atoms. The summed E-state index contributed by atoms with van der Waals surface area (Å²) in [6.07, 6.45) is 3.21. The van der Waals surface area contributed by atoms with Crippen LogP contribution in [0.3, 0.4) is 0 Å². The Hall–Kier alpha value is -1.66. The molecule has 0 spiro atoms. The van der Waals surface area contributed by atoms with Gasteiger partial charge in [0.25, 0.3) is 5.91 Å². The van der Waals surface area contributed by atoms with Crippen LogP contribution >= 0.6 is 11.3 Å². The van der Waals surface area contributed by atoms with Gasteiger partial charge >= 0.3 is 0 Å². The maximum Gasteiger partial charge on any atom is 0.271 e. The highest BCUT2D eigenvalue weighted by Crippen LogP contribution is 2.27. The number of aryl methyl sites for hydroxylation is 1. The molecule has 5 nitrogen and oxygen atoms in total. The van der Waals surface area contributed by atoms with E-state index in [1.54, 1.807) is 12.3 Å². The van der Waals surface area contributed by atoms with Crippen molar-refractivity contribution in [3.05, 3.63) is 29.0 Å². The number of nitrogens with one attached hydrogen (secondary N) is 1. The summed E-state index contributed by atoms with van der Waals surface area (Å²) in [6.45, 7) is 4.63. The number of thiazole rings is 1. The molecule has 2 aromatic rings. The van der Waals surface area contributed by atoms with Gasteiger partial charge in [-0.25, -0.2) is 4.98 Å². The Balaban J connectivity index is 2.03. The van der Waals surface area contributed by atoms with E-state index in [0.29, 0.717) is 35.3 Å². The van der Waals surface area contributed by atoms with E-state index in [1.165, 1.54) is 11.3 Å². The van der Waals surface area contributed by atoms with Gasteiger partial charge in [-0.05, 0) is 31.4 Å². The van der Waals surface area contributed by atoms with Gasteiger partial charge in [-0.3, -0.25) is 4.79 Å². The van der Waals surface area contributed by atoms with E-state index in [1.807, 2.05) is 13.0 Å². The number of hydrogen-bond donors (Lipinski definition) is 2. The normalized spacial score (nSPS) is 12.3. The van der Waals surface area contributed by atoms with Crippen LogP contribution in [0.4, 0.5) is 0 Å². The van der Waals surface area contributed by atoms with Gasteiger partial charge in [0.2, 0.25) is 0 Å². The largest absolute Gasteiger partial charge is 0.462 e. The zero-order valence-electron chi connectivity index (χ0n) is 12.3. The number of aliphatic hydroxyl groups is 1. The zero-order chi connectivity index (χ0) is 15.2. The van der Waals surface area contributed by atoms with Gasteiger partial charge in [0.1, 0.15) is 5.69 Å². The summed E-state index contributed by atoms with van der Waals surface area (Å²) in [5.41, 5.74) is 0.449. The number of furan rings is 1. The standard InChI is InChI=1S/C15H20N2O3S/c1-3-11(6-7-18)9-16-14(19)13-10(2)21-15(17-13)12-5-4-8-20-12/h4-5,8,11,18H,3,6-7,9H2,1-2H3,(H,16,19). The number of amides is 1. The Labute approximate surface area is 128 Å². The zero-order valence-corrected chi connectivity index (χ0v) is 13.1. The first kappa shape index (κ1) is 15.7. The molecular weight excluding hydrogens is 288 g/mol. The molecule has 0 aliphatic carbocycles. The van der Waals surface area contributed by atoms with Crippen molar-refractivity contribution in [2.45, 2.75) is 26.7 Å². The fourth-order valence-corrected chi connectivity index (χ4v) is 2.95. The van der Waals surface area contributed by atoms with E-state index in [2.05, 4.69) is 17.2 Å². The van der Waals surface area contributed by atoms with Crippen molar-refractivity contribution in [2.75, 3.05) is 13.2 Å². The Bertz CT molecular complexity index is 578. The number of nitrogens with zero attached hydrogens (tertiary/aromatic N) is 1. The minimum Gasteiger partial charge on any atom is -0.462 e. The predicted octanol–water partition coefficient (Wildman–Crippen LogP) is 2.85. The van der Waals surface area contributed by atoms with Crippen molar-refractivity contribution in [1.82, 2.24) is 10.3 Å². The number of carbonyl (C=O) groups is 1. The Morgan fingerprint density at radius 1 is 1.57 bits per heavy atom. The third-order valence-corrected chi connectivity index (χ3v) is 4.39. The molecule has 1 amide bonds. The molecule has 2 N–H and O–H groups in total. The van der Waals surface area contributed by atoms with Gasteiger partial charge in [0.15, 0.2) is 10.8 Å². The highest BCUT2D eigenvalue weighted by molar-refractivity contribution is 7.15. The molecule has 0 aromatic carbocycles. The molecule has 0 aliphatic heterocycles. The number of aromatic nitrogens is 1. The topological polar surface area (TPSA) is 75.4 Å². The average molecular weight is 308 g/mol. The number of carbonyl (C=O) groups excluding carboxylic acids is 1. The molecule has 1 unspecified atom stereocenters. The first-order chi connectivity index (χ1) is 10.2. The third kappa shape index (κ3) is 3.92. The van der Waals surface area contributed by atoms with Crippen LogP contribution in [0.1, 0.15) is 35.1 Å². The minimum absolute atomic E-state index is 0.146. The van der Waals surface area contributed by atoms with Gasteiger partial charge in [-0.2, -0.15) is 0 Å². The van der Waals surface area contributed by atoms with Crippen LogP contribution in [-0.4, -0.2) is 29.1 Å². The lowest BCUT2D eigenvalue weighted by atomic mass is 10.0. The van der Waals surface area contributed by atoms with Crippen LogP contribution in [0.15, 0.2) is 22.8 Å². The third-order valence-electron chi connectivity index (χ3n) is 3.41. The lowest BCUT2D eigenvalue weighted by Crippen LogP contribution is -2.30. The second-order valence-corrected chi connectivity index (χ2v) is 6.10. The lowest BCUT2D eigenvalue weighted by Gasteiger charge is -2.13. The Kier molecular flexibility index (Phi) is 5.52. The Morgan fingerprint density at radius 3 is 3.00 bits per heavy atom. The van der Waals surface area contributed by atoms with E-state index < -0.39 is 0 Å². The molecule has 2 heterocycles. The van der Waals surface area contributed by atoms with Crippen LogP contribution in [0.25, 0.3) is 10.8 Å². The van der Waals surface area contributed by atoms with E-state index in [-0.39, 0.29) is 12.5 Å². The van der Waals surface area contributed by atoms with Crippen molar-refractivity contribution < 1.29 is 14.3 Å². The highest BCUT2D eigenvalue weighted by Gasteiger charge is 2.18. The molecule has 0 saturated carbocycles. The van der Waals surface area contributed by atoms with Crippen LogP contribution in [-0.2, 0) is 0 Å². The van der Waals surface area contributed by atoms with Crippen LogP contribution in [0.2, 0.25) is 0 Å². The maximum absolute atomic E-state index is 12.2. The van der Waals surface area contributed by atoms with Crippen molar-refractivity contribution in [3.63, 3.8) is 0 Å². The smallest absolute Gasteiger partial charge is 0.271 e. The summed E-state index contributed by atoms with van der Waals surface area (Å²) in [5.74, 6) is 0.800. The number of aliphatic hydroxyl groups excluding tert-OH is 1. The van der Waals surface area contributed by atoms with Crippen LogP contribution in [0.5, 0.6) is 0 Å². The van der Waals surface area contributed by atoms with Gasteiger partial charge in [0.05, 0.1) is 6.26 Å². The molecular formula is C15H20N2O3S. The summed E-state index contributed by atoms with van der Waals surface area (Å²) in [6, 6.07) is 3.63. The second-order valence-electron chi connectivity index (χ2n) is 4.90. The van der Waals surface area contributed by atoms with E-state index in [9.17, 15) is 4.79 Å². The Morgan fingerprint density at radius 2 is 2.38 bits per heavy atom. The van der Waals surface area contributed by atoms with Gasteiger partial charge in [-0.15, -0.1) is 11.3 Å². The molecule has 2 rings (SSSR count). The molecule has 1 atom stereocenters. The van der Waals surface area contributed by atoms with Gasteiger partial charge < -0.3 is 14.8 Å². The molecule has 2 aromatic heterocycles. The second kappa shape index (κ2) is 7.38. The molecule has 21 heavy (non-hydrogen) atoms. The monoisotopic (exact) mass is 308 g/mol. The summed E-state index contributed by atoms with van der Waals surface area (Å²) in [5, 5.41) is 12.6. The first-order valence-electron chi connectivity index (χ1n) is 7.06. The predicted molar refractivity (Wildman–Crippen MR) is 82.4 cm³/mol. The van der Waals surface area contributed by atoms with Crippen molar-refractivity contribution >= 4 is 17.2 Å². The fourth-order valence-electron chi connectivity index (χ4n) is 2.07. The number of rotatable bonds is 7. The molecule has 6 heteroatoms. The van der Waals surface area contributed by atoms with E-state index >= 15 is 0 Å². The highest BCUT2D eigenvalue weighted by atomic mass is 32.1. The molecule has 114 valence electrons. The molecule has 0 saturated heterocycles. The summed E-state index contributed by atoms with van der Waals surface area (Å²) >= 11 is 1.44. The van der Waals surface area contributed by atoms with E-state index in [0.717, 1.165) is 11.3 Å². The molecule has 0 aliphatic rings. The van der Waals surface area contributed by atoms with Crippen LogP contribution in [0, 0.1) is 12.8 Å². The van der Waals surface area contributed by atoms with Crippen LogP contribution < -0.4 is 5.32 Å². The van der Waals surface area contributed by atoms with E-state index in [4.69, 9.17) is 9.52 Å². The van der Waals surface area contributed by atoms with Gasteiger partial charge in [-0.1, -0.05) is 13.3 Å². The molecule has 0 fully saturated rings. The lowest BCUT2D eigenvalue weighted by molar-refractivity contribution is 0.0938. The molecule has 0 radical (unpaired) electrons. The quantitative estimate of drug-likeness (QED) is 0.824. The summed E-state index contributed by atoms with van der Waals surface area (Å²) in [4.78, 5) is 17.4. The van der Waals surface area contributed by atoms with Crippen molar-refractivity contribution in [1.29, 1.82) is 0 Å². The van der Waals surface area contributed by atoms with Crippen molar-refractivity contribution in [2.24, 2.45) is 5.92 Å². The minimum atomic E-state index is -0.169. The first-order valence-corrected chi connectivity index (χ1v) is 7.87. The summed E-state index contributed by atoms with van der Waals surface area (Å²) < 4.78 is 5.30.